The van der Waals surface area contributed by atoms with Crippen molar-refractivity contribution in [2.75, 3.05) is 32.5 Å². The molecule has 104 valence electrons. The molecule has 1 aromatic carbocycles. The topological polar surface area (TPSA) is 36.3 Å². The summed E-state index contributed by atoms with van der Waals surface area (Å²) >= 11 is 1.92. The van der Waals surface area contributed by atoms with Crippen molar-refractivity contribution in [2.45, 2.75) is 19.6 Å². The highest BCUT2D eigenvalue weighted by Crippen LogP contribution is 2.22. The number of ether oxygens (including phenoxy) is 1. The van der Waals surface area contributed by atoms with Gasteiger partial charge in [0.15, 0.2) is 0 Å². The molecular formula is C15H22N2OS. The third-order valence-electron chi connectivity index (χ3n) is 3.10. The molecule has 3 nitrogen and oxygen atoms in total. The van der Waals surface area contributed by atoms with E-state index in [4.69, 9.17) is 10.00 Å². The average molecular weight is 278 g/mol. The molecule has 0 aromatic heterocycles. The molecule has 19 heavy (non-hydrogen) atoms. The first kappa shape index (κ1) is 15.9. The Balaban J connectivity index is 2.44. The Morgan fingerprint density at radius 2 is 2.05 bits per heavy atom. The zero-order valence-corrected chi connectivity index (χ0v) is 12.8. The molecule has 0 spiro atoms. The van der Waals surface area contributed by atoms with E-state index in [2.05, 4.69) is 24.8 Å². The number of hydrogen-bond donors (Lipinski definition) is 0. The summed E-state index contributed by atoms with van der Waals surface area (Å²) in [4.78, 5) is 2.42. The summed E-state index contributed by atoms with van der Waals surface area (Å²) in [6.07, 6.45) is 0. The Labute approximate surface area is 120 Å². The highest BCUT2D eigenvalue weighted by Gasteiger charge is 2.04. The third-order valence-corrected chi connectivity index (χ3v) is 4.11. The van der Waals surface area contributed by atoms with Crippen LogP contribution in [-0.4, -0.2) is 37.4 Å². The van der Waals surface area contributed by atoms with E-state index in [1.165, 1.54) is 5.56 Å². The van der Waals surface area contributed by atoms with E-state index < -0.39 is 0 Å². The van der Waals surface area contributed by atoms with Crippen molar-refractivity contribution in [1.82, 2.24) is 4.90 Å². The maximum absolute atomic E-state index is 8.93. The van der Waals surface area contributed by atoms with Gasteiger partial charge in [-0.25, -0.2) is 0 Å². The van der Waals surface area contributed by atoms with Crippen molar-refractivity contribution in [3.63, 3.8) is 0 Å². The summed E-state index contributed by atoms with van der Waals surface area (Å²) in [5.74, 6) is 2.76. The predicted molar refractivity (Wildman–Crippen MR) is 81.7 cm³/mol. The molecule has 0 fully saturated rings. The van der Waals surface area contributed by atoms with Crippen LogP contribution in [0.2, 0.25) is 0 Å². The molecule has 0 amide bonds. The van der Waals surface area contributed by atoms with Crippen LogP contribution >= 0.6 is 11.8 Å². The Hall–Kier alpha value is -1.18. The molecule has 0 radical (unpaired) electrons. The molecule has 0 saturated heterocycles. The highest BCUT2D eigenvalue weighted by molar-refractivity contribution is 7.98. The maximum atomic E-state index is 8.93. The van der Waals surface area contributed by atoms with Gasteiger partial charge in [-0.1, -0.05) is 19.9 Å². The van der Waals surface area contributed by atoms with Crippen LogP contribution in [0, 0.1) is 11.3 Å². The first-order chi connectivity index (χ1) is 9.24. The van der Waals surface area contributed by atoms with Crippen LogP contribution in [0.5, 0.6) is 5.75 Å². The number of nitrogens with zero attached hydrogens (tertiary/aromatic N) is 2. The zero-order chi connectivity index (χ0) is 14.1. The molecule has 0 aliphatic heterocycles. The smallest absolute Gasteiger partial charge is 0.136 e. The molecule has 0 bridgehead atoms. The van der Waals surface area contributed by atoms with Gasteiger partial charge in [0, 0.05) is 18.1 Å². The number of methoxy groups -OCH3 is 1. The molecule has 0 aliphatic rings. The maximum Gasteiger partial charge on any atom is 0.136 e. The predicted octanol–water partition coefficient (Wildman–Crippen LogP) is 3.14. The average Bonchev–Trinajstić information content (AvgIpc) is 2.47. The molecule has 1 aromatic rings. The fourth-order valence-corrected chi connectivity index (χ4v) is 2.79. The van der Waals surface area contributed by atoms with Crippen molar-refractivity contribution in [1.29, 1.82) is 5.26 Å². The van der Waals surface area contributed by atoms with E-state index in [0.29, 0.717) is 11.3 Å². The summed E-state index contributed by atoms with van der Waals surface area (Å²) in [7, 11) is 1.60. The largest absolute Gasteiger partial charge is 0.495 e. The SMILES string of the molecule is CCN(CC)CCSCc1ccc(C#N)c(OC)c1. The van der Waals surface area contributed by atoms with Crippen LogP contribution in [0.3, 0.4) is 0 Å². The zero-order valence-electron chi connectivity index (χ0n) is 12.0. The minimum absolute atomic E-state index is 0.597. The summed E-state index contributed by atoms with van der Waals surface area (Å²) < 4.78 is 5.22. The molecular weight excluding hydrogens is 256 g/mol. The van der Waals surface area contributed by atoms with Crippen LogP contribution in [0.25, 0.3) is 0 Å². The van der Waals surface area contributed by atoms with Gasteiger partial charge in [0.1, 0.15) is 11.8 Å². The van der Waals surface area contributed by atoms with Gasteiger partial charge in [0.25, 0.3) is 0 Å². The van der Waals surface area contributed by atoms with Gasteiger partial charge >= 0.3 is 0 Å². The van der Waals surface area contributed by atoms with E-state index in [0.717, 1.165) is 31.1 Å². The second-order valence-electron chi connectivity index (χ2n) is 4.23. The Bertz CT molecular complexity index is 425. The lowest BCUT2D eigenvalue weighted by atomic mass is 10.1. The highest BCUT2D eigenvalue weighted by atomic mass is 32.2. The van der Waals surface area contributed by atoms with Crippen LogP contribution < -0.4 is 4.74 Å². The van der Waals surface area contributed by atoms with E-state index in [-0.39, 0.29) is 0 Å². The summed E-state index contributed by atoms with van der Waals surface area (Å²) in [6, 6.07) is 7.93. The fraction of sp³-hybridized carbons (Fsp3) is 0.533. The fourth-order valence-electron chi connectivity index (χ4n) is 1.84. The summed E-state index contributed by atoms with van der Waals surface area (Å²) in [5, 5.41) is 8.93. The van der Waals surface area contributed by atoms with Crippen LogP contribution in [0.4, 0.5) is 0 Å². The number of hydrogen-bond acceptors (Lipinski definition) is 4. The normalized spacial score (nSPS) is 10.5. The van der Waals surface area contributed by atoms with Gasteiger partial charge in [-0.05, 0) is 30.8 Å². The van der Waals surface area contributed by atoms with E-state index in [1.54, 1.807) is 7.11 Å². The lowest BCUT2D eigenvalue weighted by molar-refractivity contribution is 0.324. The van der Waals surface area contributed by atoms with Crippen molar-refractivity contribution >= 4 is 11.8 Å². The van der Waals surface area contributed by atoms with Gasteiger partial charge in [0.05, 0.1) is 12.7 Å². The van der Waals surface area contributed by atoms with Crippen LogP contribution in [0.15, 0.2) is 18.2 Å². The van der Waals surface area contributed by atoms with Crippen molar-refractivity contribution in [3.8, 4) is 11.8 Å². The van der Waals surface area contributed by atoms with E-state index in [1.807, 2.05) is 30.0 Å². The van der Waals surface area contributed by atoms with Crippen molar-refractivity contribution in [3.05, 3.63) is 29.3 Å². The van der Waals surface area contributed by atoms with Gasteiger partial charge < -0.3 is 9.64 Å². The molecule has 0 saturated carbocycles. The van der Waals surface area contributed by atoms with Gasteiger partial charge in [-0.2, -0.15) is 17.0 Å². The summed E-state index contributed by atoms with van der Waals surface area (Å²) in [5.41, 5.74) is 1.81. The quantitative estimate of drug-likeness (QED) is 0.684. The molecule has 0 heterocycles. The first-order valence-corrected chi connectivity index (χ1v) is 7.77. The number of nitriles is 1. The molecule has 0 N–H and O–H groups in total. The Morgan fingerprint density at radius 1 is 1.32 bits per heavy atom. The molecule has 0 aliphatic carbocycles. The van der Waals surface area contributed by atoms with E-state index >= 15 is 0 Å². The molecule has 0 atom stereocenters. The lowest BCUT2D eigenvalue weighted by Gasteiger charge is -2.17. The number of benzene rings is 1. The van der Waals surface area contributed by atoms with Crippen LogP contribution in [0.1, 0.15) is 25.0 Å². The second-order valence-corrected chi connectivity index (χ2v) is 5.33. The Kier molecular flexibility index (Phi) is 7.39. The van der Waals surface area contributed by atoms with E-state index in [9.17, 15) is 0 Å². The van der Waals surface area contributed by atoms with Crippen LogP contribution in [-0.2, 0) is 5.75 Å². The second kappa shape index (κ2) is 8.84. The van der Waals surface area contributed by atoms with Gasteiger partial charge in [-0.3, -0.25) is 0 Å². The van der Waals surface area contributed by atoms with Gasteiger partial charge in [-0.15, -0.1) is 0 Å². The number of thioether (sulfide) groups is 1. The number of rotatable bonds is 8. The van der Waals surface area contributed by atoms with Crippen molar-refractivity contribution < 1.29 is 4.74 Å². The van der Waals surface area contributed by atoms with Gasteiger partial charge in [0.2, 0.25) is 0 Å². The third kappa shape index (κ3) is 5.14. The summed E-state index contributed by atoms with van der Waals surface area (Å²) in [6.45, 7) is 7.74. The Morgan fingerprint density at radius 3 is 2.63 bits per heavy atom. The first-order valence-electron chi connectivity index (χ1n) is 6.62. The molecule has 1 rings (SSSR count). The standard InChI is InChI=1S/C15H22N2OS/c1-4-17(5-2)8-9-19-12-13-6-7-14(11-16)15(10-13)18-3/h6-7,10H,4-5,8-9,12H2,1-3H3. The monoisotopic (exact) mass is 278 g/mol. The minimum atomic E-state index is 0.597. The molecule has 0 unspecified atom stereocenters. The lowest BCUT2D eigenvalue weighted by Crippen LogP contribution is -2.25. The van der Waals surface area contributed by atoms with Crippen molar-refractivity contribution in [2.24, 2.45) is 0 Å². The minimum Gasteiger partial charge on any atom is -0.495 e. The molecule has 4 heteroatoms.